The maximum absolute atomic E-state index is 9.24. The number of aliphatic hydroxyl groups is 1. The van der Waals surface area contributed by atoms with E-state index in [1.54, 1.807) is 0 Å². The van der Waals surface area contributed by atoms with Crippen LogP contribution in [0.1, 0.15) is 50.5 Å². The van der Waals surface area contributed by atoms with Gasteiger partial charge in [-0.3, -0.25) is 0 Å². The lowest BCUT2D eigenvalue weighted by Gasteiger charge is -2.39. The van der Waals surface area contributed by atoms with Crippen molar-refractivity contribution in [2.24, 2.45) is 11.8 Å². The van der Waals surface area contributed by atoms with Gasteiger partial charge in [-0.2, -0.15) is 0 Å². The van der Waals surface area contributed by atoms with E-state index in [1.807, 2.05) is 0 Å². The maximum atomic E-state index is 9.24. The Balaban J connectivity index is 1.60. The van der Waals surface area contributed by atoms with Gasteiger partial charge in [-0.15, -0.1) is 0 Å². The molecule has 1 aliphatic heterocycles. The van der Waals surface area contributed by atoms with Crippen LogP contribution in [0.15, 0.2) is 24.3 Å². The fourth-order valence-electron chi connectivity index (χ4n) is 4.37. The molecule has 2 fully saturated rings. The molecule has 0 unspecified atom stereocenters. The SMILES string of the molecule is OCCc1ccccc1N1CCC(C2CCCCC2)CC1. The van der Waals surface area contributed by atoms with Crippen LogP contribution in [-0.2, 0) is 6.42 Å². The monoisotopic (exact) mass is 287 g/mol. The first-order chi connectivity index (χ1) is 10.4. The van der Waals surface area contributed by atoms with Crippen LogP contribution in [0.5, 0.6) is 0 Å². The van der Waals surface area contributed by atoms with E-state index < -0.39 is 0 Å². The standard InChI is InChI=1S/C19H29NO/c21-15-12-18-8-4-5-9-19(18)20-13-10-17(11-14-20)16-6-2-1-3-7-16/h4-5,8-9,16-17,21H,1-3,6-7,10-15H2. The molecule has 21 heavy (non-hydrogen) atoms. The second-order valence-electron chi connectivity index (χ2n) is 6.82. The lowest BCUT2D eigenvalue weighted by atomic mass is 9.76. The largest absolute Gasteiger partial charge is 0.396 e. The number of hydrogen-bond acceptors (Lipinski definition) is 2. The Kier molecular flexibility index (Phi) is 5.18. The zero-order valence-corrected chi connectivity index (χ0v) is 13.1. The minimum atomic E-state index is 0.246. The molecule has 1 saturated heterocycles. The highest BCUT2D eigenvalue weighted by Crippen LogP contribution is 2.37. The van der Waals surface area contributed by atoms with Gasteiger partial charge in [-0.25, -0.2) is 0 Å². The highest BCUT2D eigenvalue weighted by Gasteiger charge is 2.28. The second-order valence-corrected chi connectivity index (χ2v) is 6.82. The van der Waals surface area contributed by atoms with E-state index in [0.29, 0.717) is 0 Å². The quantitative estimate of drug-likeness (QED) is 0.904. The van der Waals surface area contributed by atoms with Crippen LogP contribution in [0.25, 0.3) is 0 Å². The molecule has 1 aromatic carbocycles. The van der Waals surface area contributed by atoms with Crippen LogP contribution >= 0.6 is 0 Å². The summed E-state index contributed by atoms with van der Waals surface area (Å²) in [5.41, 5.74) is 2.66. The van der Waals surface area contributed by atoms with Gasteiger partial charge in [0.2, 0.25) is 0 Å². The second kappa shape index (κ2) is 7.31. The van der Waals surface area contributed by atoms with E-state index in [-0.39, 0.29) is 6.61 Å². The Morgan fingerprint density at radius 1 is 0.905 bits per heavy atom. The van der Waals surface area contributed by atoms with Gasteiger partial charge in [-0.1, -0.05) is 50.3 Å². The summed E-state index contributed by atoms with van der Waals surface area (Å²) in [6.07, 6.45) is 10.8. The first kappa shape index (κ1) is 14.9. The summed E-state index contributed by atoms with van der Waals surface area (Å²) >= 11 is 0. The highest BCUT2D eigenvalue weighted by atomic mass is 16.2. The Morgan fingerprint density at radius 3 is 2.29 bits per heavy atom. The number of hydrogen-bond donors (Lipinski definition) is 1. The van der Waals surface area contributed by atoms with Gasteiger partial charge in [0, 0.05) is 25.4 Å². The molecule has 0 spiro atoms. The van der Waals surface area contributed by atoms with Crippen molar-refractivity contribution in [2.75, 3.05) is 24.6 Å². The molecule has 0 atom stereocenters. The molecule has 1 saturated carbocycles. The predicted octanol–water partition coefficient (Wildman–Crippen LogP) is 4.02. The molecule has 2 nitrogen and oxygen atoms in total. The topological polar surface area (TPSA) is 23.5 Å². The van der Waals surface area contributed by atoms with Gasteiger partial charge in [0.1, 0.15) is 0 Å². The number of rotatable bonds is 4. The van der Waals surface area contributed by atoms with Gasteiger partial charge in [0.25, 0.3) is 0 Å². The zero-order chi connectivity index (χ0) is 14.5. The Labute approximate surface area is 129 Å². The predicted molar refractivity (Wildman–Crippen MR) is 88.7 cm³/mol. The van der Waals surface area contributed by atoms with Gasteiger partial charge >= 0.3 is 0 Å². The summed E-state index contributed by atoms with van der Waals surface area (Å²) in [6, 6.07) is 8.61. The molecule has 1 aromatic rings. The normalized spacial score (nSPS) is 21.7. The minimum absolute atomic E-state index is 0.246. The molecule has 0 amide bonds. The van der Waals surface area contributed by atoms with Gasteiger partial charge in [0.05, 0.1) is 0 Å². The number of para-hydroxylation sites is 1. The molecular weight excluding hydrogens is 258 g/mol. The smallest absolute Gasteiger partial charge is 0.0472 e. The molecule has 1 heterocycles. The number of anilines is 1. The Bertz CT molecular complexity index is 431. The fourth-order valence-corrected chi connectivity index (χ4v) is 4.37. The summed E-state index contributed by atoms with van der Waals surface area (Å²) < 4.78 is 0. The molecule has 2 heteroatoms. The van der Waals surface area contributed by atoms with E-state index in [4.69, 9.17) is 0 Å². The molecule has 0 aromatic heterocycles. The third-order valence-electron chi connectivity index (χ3n) is 5.57. The first-order valence-corrected chi connectivity index (χ1v) is 8.82. The summed E-state index contributed by atoms with van der Waals surface area (Å²) in [5, 5.41) is 9.24. The van der Waals surface area contributed by atoms with Crippen LogP contribution < -0.4 is 4.90 Å². The van der Waals surface area contributed by atoms with Crippen LogP contribution in [0.4, 0.5) is 5.69 Å². The zero-order valence-electron chi connectivity index (χ0n) is 13.1. The average Bonchev–Trinajstić information content (AvgIpc) is 2.57. The fraction of sp³-hybridized carbons (Fsp3) is 0.684. The first-order valence-electron chi connectivity index (χ1n) is 8.82. The number of nitrogens with zero attached hydrogens (tertiary/aromatic N) is 1. The number of aliphatic hydroxyl groups excluding tert-OH is 1. The van der Waals surface area contributed by atoms with Crippen LogP contribution in [0, 0.1) is 11.8 Å². The summed E-state index contributed by atoms with van der Waals surface area (Å²) in [6.45, 7) is 2.64. The maximum Gasteiger partial charge on any atom is 0.0472 e. The Hall–Kier alpha value is -1.02. The van der Waals surface area contributed by atoms with E-state index >= 15 is 0 Å². The number of benzene rings is 1. The van der Waals surface area contributed by atoms with Crippen molar-refractivity contribution >= 4 is 5.69 Å². The van der Waals surface area contributed by atoms with Crippen molar-refractivity contribution in [3.8, 4) is 0 Å². The van der Waals surface area contributed by atoms with Crippen LogP contribution in [0.2, 0.25) is 0 Å². The summed E-state index contributed by atoms with van der Waals surface area (Å²) in [5.74, 6) is 1.97. The third kappa shape index (κ3) is 3.60. The minimum Gasteiger partial charge on any atom is -0.396 e. The number of piperidine rings is 1. The summed E-state index contributed by atoms with van der Waals surface area (Å²) in [4.78, 5) is 2.55. The lowest BCUT2D eigenvalue weighted by molar-refractivity contribution is 0.213. The van der Waals surface area contributed by atoms with Crippen molar-refractivity contribution in [1.29, 1.82) is 0 Å². The third-order valence-corrected chi connectivity index (χ3v) is 5.57. The van der Waals surface area contributed by atoms with Crippen molar-refractivity contribution in [1.82, 2.24) is 0 Å². The van der Waals surface area contributed by atoms with E-state index in [0.717, 1.165) is 18.3 Å². The average molecular weight is 287 g/mol. The van der Waals surface area contributed by atoms with Crippen molar-refractivity contribution in [3.05, 3.63) is 29.8 Å². The highest BCUT2D eigenvalue weighted by molar-refractivity contribution is 5.54. The van der Waals surface area contributed by atoms with E-state index in [1.165, 1.54) is 69.3 Å². The molecule has 1 aliphatic carbocycles. The molecule has 0 radical (unpaired) electrons. The van der Waals surface area contributed by atoms with Gasteiger partial charge in [0.15, 0.2) is 0 Å². The molecule has 116 valence electrons. The van der Waals surface area contributed by atoms with E-state index in [2.05, 4.69) is 29.2 Å². The van der Waals surface area contributed by atoms with Gasteiger partial charge < -0.3 is 10.0 Å². The van der Waals surface area contributed by atoms with Crippen molar-refractivity contribution in [2.45, 2.75) is 51.4 Å². The molecule has 0 bridgehead atoms. The molecule has 3 rings (SSSR count). The lowest BCUT2D eigenvalue weighted by Crippen LogP contribution is -2.37. The van der Waals surface area contributed by atoms with Crippen molar-refractivity contribution in [3.63, 3.8) is 0 Å². The van der Waals surface area contributed by atoms with Crippen LogP contribution in [0.3, 0.4) is 0 Å². The van der Waals surface area contributed by atoms with Gasteiger partial charge in [-0.05, 0) is 42.7 Å². The van der Waals surface area contributed by atoms with Crippen molar-refractivity contribution < 1.29 is 5.11 Å². The van der Waals surface area contributed by atoms with Crippen LogP contribution in [-0.4, -0.2) is 24.8 Å². The molecule has 2 aliphatic rings. The van der Waals surface area contributed by atoms with E-state index in [9.17, 15) is 5.11 Å². The summed E-state index contributed by atoms with van der Waals surface area (Å²) in [7, 11) is 0. The molecular formula is C19H29NO. The molecule has 1 N–H and O–H groups in total. The Morgan fingerprint density at radius 2 is 1.57 bits per heavy atom.